The van der Waals surface area contributed by atoms with Gasteiger partial charge in [-0.15, -0.1) is 0 Å². The predicted octanol–water partition coefficient (Wildman–Crippen LogP) is 2.43. The molecule has 0 spiro atoms. The fourth-order valence-corrected chi connectivity index (χ4v) is 1.23. The van der Waals surface area contributed by atoms with E-state index in [9.17, 15) is 0 Å². The summed E-state index contributed by atoms with van der Waals surface area (Å²) >= 11 is 3.27. The smallest absolute Gasteiger partial charge is 0.129 e. The summed E-state index contributed by atoms with van der Waals surface area (Å²) in [5.41, 5.74) is 1.02. The number of nitrogens with zero attached hydrogens (tertiary/aromatic N) is 2. The Morgan fingerprint density at radius 2 is 2.00 bits per heavy atom. The lowest BCUT2D eigenvalue weighted by atomic mass is 10.3. The topological polar surface area (TPSA) is 17.8 Å². The summed E-state index contributed by atoms with van der Waals surface area (Å²) in [5.74, 6) is 0. The Morgan fingerprint density at radius 3 is 2.58 bits per heavy atom. The molecule has 59 valence electrons. The molecule has 1 aromatic carbocycles. The Kier molecular flexibility index (Phi) is 1.96. The van der Waals surface area contributed by atoms with E-state index in [1.165, 1.54) is 0 Å². The predicted molar refractivity (Wildman–Crippen MR) is 50.1 cm³/mol. The molecule has 3 heteroatoms. The van der Waals surface area contributed by atoms with E-state index < -0.39 is 0 Å². The average molecular weight is 222 g/mol. The number of aromatic nitrogens is 2. The largest absolute Gasteiger partial charge is 0.230 e. The monoisotopic (exact) mass is 221 g/mol. The Hall–Kier alpha value is -1.09. The molecule has 12 heavy (non-hydrogen) atoms. The molecule has 0 fully saturated rings. The van der Waals surface area contributed by atoms with E-state index in [4.69, 9.17) is 0 Å². The van der Waals surface area contributed by atoms with Gasteiger partial charge in [0.05, 0.1) is 11.9 Å². The quantitative estimate of drug-likeness (QED) is 0.724. The third-order valence-corrected chi connectivity index (χ3v) is 1.89. The summed E-state index contributed by atoms with van der Waals surface area (Å²) in [5, 5.41) is 4.16. The van der Waals surface area contributed by atoms with Crippen molar-refractivity contribution in [1.82, 2.24) is 9.78 Å². The Morgan fingerprint density at radius 1 is 1.25 bits per heavy atom. The van der Waals surface area contributed by atoms with Gasteiger partial charge in [-0.25, -0.2) is 4.68 Å². The van der Waals surface area contributed by atoms with Crippen LogP contribution in [-0.2, 0) is 0 Å². The fourth-order valence-electron chi connectivity index (χ4n) is 0.969. The number of hydrogen-bond donors (Lipinski definition) is 0. The van der Waals surface area contributed by atoms with Crippen LogP contribution in [0.3, 0.4) is 0 Å². The van der Waals surface area contributed by atoms with Gasteiger partial charge in [0.2, 0.25) is 0 Å². The maximum Gasteiger partial charge on any atom is 0.129 e. The van der Waals surface area contributed by atoms with Crippen LogP contribution in [-0.4, -0.2) is 9.78 Å². The van der Waals surface area contributed by atoms with Crippen molar-refractivity contribution in [2.45, 2.75) is 0 Å². The molecule has 1 heterocycles. The zero-order valence-corrected chi connectivity index (χ0v) is 7.82. The summed E-state index contributed by atoms with van der Waals surface area (Å²) in [7, 11) is 0. The van der Waals surface area contributed by atoms with Crippen molar-refractivity contribution in [3.8, 4) is 5.69 Å². The van der Waals surface area contributed by atoms with E-state index in [-0.39, 0.29) is 0 Å². The molecule has 0 unspecified atom stereocenters. The first-order valence-electron chi connectivity index (χ1n) is 3.55. The first kappa shape index (κ1) is 7.55. The van der Waals surface area contributed by atoms with Crippen molar-refractivity contribution in [3.63, 3.8) is 0 Å². The normalized spacial score (nSPS) is 10.1. The van der Waals surface area contributed by atoms with Crippen LogP contribution >= 0.6 is 15.9 Å². The van der Waals surface area contributed by atoms with Gasteiger partial charge in [-0.3, -0.25) is 0 Å². The van der Waals surface area contributed by atoms with E-state index in [1.807, 2.05) is 30.3 Å². The van der Waals surface area contributed by atoms with E-state index in [2.05, 4.69) is 27.2 Å². The molecule has 2 rings (SSSR count). The molecule has 1 radical (unpaired) electrons. The van der Waals surface area contributed by atoms with Crippen LogP contribution in [0.2, 0.25) is 0 Å². The lowest BCUT2D eigenvalue weighted by Crippen LogP contribution is -1.93. The molecule has 0 aliphatic heterocycles. The Balaban J connectivity index is 2.45. The second-order valence-corrected chi connectivity index (χ2v) is 3.16. The molecule has 0 saturated heterocycles. The highest BCUT2D eigenvalue weighted by Gasteiger charge is 1.96. The van der Waals surface area contributed by atoms with Gasteiger partial charge in [0.25, 0.3) is 0 Å². The molecule has 2 nitrogen and oxygen atoms in total. The molecule has 0 bridgehead atoms. The van der Waals surface area contributed by atoms with Crippen molar-refractivity contribution in [3.05, 3.63) is 47.2 Å². The van der Waals surface area contributed by atoms with Gasteiger partial charge < -0.3 is 0 Å². The highest BCUT2D eigenvalue weighted by molar-refractivity contribution is 9.10. The van der Waals surface area contributed by atoms with Crippen LogP contribution in [0.25, 0.3) is 5.69 Å². The first-order valence-corrected chi connectivity index (χ1v) is 4.34. The van der Waals surface area contributed by atoms with E-state index in [0.717, 1.165) is 10.3 Å². The van der Waals surface area contributed by atoms with Crippen LogP contribution in [0, 0.1) is 6.20 Å². The van der Waals surface area contributed by atoms with Crippen LogP contribution in [0.1, 0.15) is 0 Å². The lowest BCUT2D eigenvalue weighted by Gasteiger charge is -1.97. The van der Waals surface area contributed by atoms with Crippen molar-refractivity contribution < 1.29 is 0 Å². The van der Waals surface area contributed by atoms with Crippen molar-refractivity contribution in [1.29, 1.82) is 0 Å². The third kappa shape index (κ3) is 1.41. The standard InChI is InChI=1S/C9H6BrN2/c10-9-6-7-12(11-9)8-4-2-1-3-5-8/h1-6H. The Labute approximate surface area is 79.0 Å². The molecule has 0 saturated carbocycles. The maximum atomic E-state index is 4.16. The molecule has 0 atom stereocenters. The van der Waals surface area contributed by atoms with Crippen LogP contribution in [0.4, 0.5) is 0 Å². The second kappa shape index (κ2) is 3.11. The van der Waals surface area contributed by atoms with Gasteiger partial charge in [-0.05, 0) is 28.1 Å². The number of hydrogen-bond acceptors (Lipinski definition) is 1. The van der Waals surface area contributed by atoms with Crippen molar-refractivity contribution >= 4 is 15.9 Å². The summed E-state index contributed by atoms with van der Waals surface area (Å²) in [6.07, 6.45) is 2.98. The van der Waals surface area contributed by atoms with Crippen LogP contribution < -0.4 is 0 Å². The molecule has 2 aromatic rings. The average Bonchev–Trinajstić information content (AvgIpc) is 2.54. The molecule has 0 aliphatic rings. The van der Waals surface area contributed by atoms with Crippen LogP contribution in [0.5, 0.6) is 0 Å². The molecule has 1 aromatic heterocycles. The Bertz CT molecular complexity index is 367. The van der Waals surface area contributed by atoms with Gasteiger partial charge in [-0.2, -0.15) is 5.10 Å². The van der Waals surface area contributed by atoms with Crippen molar-refractivity contribution in [2.75, 3.05) is 0 Å². The minimum atomic E-state index is 0.798. The second-order valence-electron chi connectivity index (χ2n) is 2.34. The number of halogens is 1. The lowest BCUT2D eigenvalue weighted by molar-refractivity contribution is 0.864. The number of para-hydroxylation sites is 1. The molecule has 0 amide bonds. The van der Waals surface area contributed by atoms with Crippen molar-refractivity contribution in [2.24, 2.45) is 0 Å². The molecular weight excluding hydrogens is 216 g/mol. The summed E-state index contributed by atoms with van der Waals surface area (Å²) in [4.78, 5) is 0. The molecular formula is C9H6BrN2. The van der Waals surface area contributed by atoms with Gasteiger partial charge in [0.1, 0.15) is 4.60 Å². The third-order valence-electron chi connectivity index (χ3n) is 1.50. The van der Waals surface area contributed by atoms with E-state index in [1.54, 1.807) is 10.7 Å². The van der Waals surface area contributed by atoms with Gasteiger partial charge in [0, 0.05) is 6.07 Å². The van der Waals surface area contributed by atoms with E-state index >= 15 is 0 Å². The summed E-state index contributed by atoms with van der Waals surface area (Å²) in [6, 6.07) is 11.7. The minimum absolute atomic E-state index is 0.798. The zero-order chi connectivity index (χ0) is 8.39. The molecule has 0 aliphatic carbocycles. The fraction of sp³-hybridized carbons (Fsp3) is 0. The zero-order valence-electron chi connectivity index (χ0n) is 6.24. The van der Waals surface area contributed by atoms with Gasteiger partial charge in [0.15, 0.2) is 0 Å². The highest BCUT2D eigenvalue weighted by Crippen LogP contribution is 2.09. The minimum Gasteiger partial charge on any atom is -0.230 e. The number of benzene rings is 1. The van der Waals surface area contributed by atoms with E-state index in [0.29, 0.717) is 0 Å². The maximum absolute atomic E-state index is 4.16. The first-order chi connectivity index (χ1) is 5.86. The SMILES string of the molecule is Brc1c[c]n(-c2ccccc2)n1. The molecule has 0 N–H and O–H groups in total. The highest BCUT2D eigenvalue weighted by atomic mass is 79.9. The van der Waals surface area contributed by atoms with Gasteiger partial charge >= 0.3 is 0 Å². The van der Waals surface area contributed by atoms with Gasteiger partial charge in [-0.1, -0.05) is 18.2 Å². The summed E-state index contributed by atoms with van der Waals surface area (Å²) in [6.45, 7) is 0. The van der Waals surface area contributed by atoms with Crippen LogP contribution in [0.15, 0.2) is 41.0 Å². The number of rotatable bonds is 1. The summed E-state index contributed by atoms with van der Waals surface area (Å²) < 4.78 is 2.50.